The van der Waals surface area contributed by atoms with Gasteiger partial charge in [-0.2, -0.15) is 0 Å². The summed E-state index contributed by atoms with van der Waals surface area (Å²) in [6.07, 6.45) is 2.25. The average Bonchev–Trinajstić information content (AvgIpc) is 3.74. The summed E-state index contributed by atoms with van der Waals surface area (Å²) in [5.41, 5.74) is 12.1. The summed E-state index contributed by atoms with van der Waals surface area (Å²) in [6, 6.07) is 57.1. The summed E-state index contributed by atoms with van der Waals surface area (Å²) in [5.74, 6) is 0. The van der Waals surface area contributed by atoms with Crippen molar-refractivity contribution in [3.05, 3.63) is 164 Å². The maximum atomic E-state index is 2.49. The van der Waals surface area contributed by atoms with Crippen molar-refractivity contribution in [2.45, 2.75) is 0 Å². The molecule has 3 nitrogen and oxygen atoms in total. The van der Waals surface area contributed by atoms with Gasteiger partial charge < -0.3 is 13.5 Å². The molecule has 0 N–H and O–H groups in total. The van der Waals surface area contributed by atoms with Crippen LogP contribution in [0.4, 0.5) is 0 Å². The number of para-hydroxylation sites is 4. The second-order valence-corrected chi connectivity index (χ2v) is 11.8. The van der Waals surface area contributed by atoms with E-state index in [1.807, 2.05) is 0 Å². The molecule has 4 heterocycles. The molecule has 0 radical (unpaired) electrons. The van der Waals surface area contributed by atoms with Crippen molar-refractivity contribution in [2.24, 2.45) is 0 Å². The predicted octanol–water partition coefficient (Wildman–Crippen LogP) is 11.0. The van der Waals surface area contributed by atoms with E-state index in [9.17, 15) is 0 Å². The molecule has 210 valence electrons. The van der Waals surface area contributed by atoms with Crippen LogP contribution in [0.25, 0.3) is 82.5 Å². The normalized spacial score (nSPS) is 12.0. The second-order valence-electron chi connectivity index (χ2n) is 11.8. The largest absolute Gasteiger partial charge is 0.314 e. The molecule has 0 saturated carbocycles. The Hall–Kier alpha value is -6.06. The lowest BCUT2D eigenvalue weighted by Crippen LogP contribution is -1.97. The predicted molar refractivity (Wildman–Crippen MR) is 189 cm³/mol. The minimum atomic E-state index is 1.15. The zero-order valence-electron chi connectivity index (χ0n) is 24.4. The van der Waals surface area contributed by atoms with Gasteiger partial charge in [0.1, 0.15) is 0 Å². The fourth-order valence-electron chi connectivity index (χ4n) is 7.59. The van der Waals surface area contributed by atoms with E-state index in [1.54, 1.807) is 0 Å². The van der Waals surface area contributed by atoms with E-state index in [2.05, 4.69) is 177 Å². The molecule has 0 spiro atoms. The van der Waals surface area contributed by atoms with Gasteiger partial charge in [-0.25, -0.2) is 0 Å². The first-order valence-electron chi connectivity index (χ1n) is 15.5. The lowest BCUT2D eigenvalue weighted by atomic mass is 10.0. The number of nitrogens with zero attached hydrogens (tertiary/aromatic N) is 3. The summed E-state index contributed by atoms with van der Waals surface area (Å²) in [6.45, 7) is 0. The molecule has 0 aliphatic heterocycles. The Labute approximate surface area is 259 Å². The third-order valence-corrected chi connectivity index (χ3v) is 9.43. The van der Waals surface area contributed by atoms with Gasteiger partial charge in [-0.15, -0.1) is 0 Å². The van der Waals surface area contributed by atoms with Crippen LogP contribution < -0.4 is 0 Å². The van der Waals surface area contributed by atoms with Crippen LogP contribution >= 0.6 is 0 Å². The highest BCUT2D eigenvalue weighted by atomic mass is 15.0. The Bertz CT molecular complexity index is 2740. The van der Waals surface area contributed by atoms with E-state index in [4.69, 9.17) is 0 Å². The third-order valence-electron chi connectivity index (χ3n) is 9.43. The van der Waals surface area contributed by atoms with Gasteiger partial charge >= 0.3 is 0 Å². The standard InChI is InChI=1S/C42H27N3/c1-3-13-28(14-4-1)40-34-19-9-10-20-36(34)43-26-25-33-31-17-7-12-22-38(31)45(41(33)42(40)43)30-23-24-39-35(27-30)32-18-8-11-21-37(32)44(39)29-15-5-2-6-16-29/h1-27H. The minimum absolute atomic E-state index is 1.15. The van der Waals surface area contributed by atoms with Crippen molar-refractivity contribution >= 4 is 60.0 Å². The number of hydrogen-bond donors (Lipinski definition) is 0. The molecule has 0 fully saturated rings. The first kappa shape index (κ1) is 24.4. The molecular formula is C42H27N3. The molecule has 0 amide bonds. The van der Waals surface area contributed by atoms with Crippen LogP contribution in [0.2, 0.25) is 0 Å². The quantitative estimate of drug-likeness (QED) is 0.200. The lowest BCUT2D eigenvalue weighted by Gasteiger charge is -2.12. The van der Waals surface area contributed by atoms with Crippen molar-refractivity contribution < 1.29 is 0 Å². The van der Waals surface area contributed by atoms with E-state index in [0.29, 0.717) is 0 Å². The van der Waals surface area contributed by atoms with E-state index in [-0.39, 0.29) is 0 Å². The van der Waals surface area contributed by atoms with Crippen LogP contribution in [0, 0.1) is 0 Å². The Morgan fingerprint density at radius 2 is 0.911 bits per heavy atom. The van der Waals surface area contributed by atoms with E-state index < -0.39 is 0 Å². The van der Waals surface area contributed by atoms with Gasteiger partial charge in [0, 0.05) is 50.1 Å². The van der Waals surface area contributed by atoms with Gasteiger partial charge in [-0.3, -0.25) is 0 Å². The Morgan fingerprint density at radius 3 is 1.67 bits per heavy atom. The van der Waals surface area contributed by atoms with Crippen LogP contribution in [-0.4, -0.2) is 13.5 Å². The summed E-state index contributed by atoms with van der Waals surface area (Å²) >= 11 is 0. The van der Waals surface area contributed by atoms with Crippen molar-refractivity contribution in [2.75, 3.05) is 0 Å². The van der Waals surface area contributed by atoms with Gasteiger partial charge in [0.05, 0.1) is 33.1 Å². The van der Waals surface area contributed by atoms with Crippen LogP contribution in [-0.2, 0) is 0 Å². The van der Waals surface area contributed by atoms with E-state index >= 15 is 0 Å². The highest BCUT2D eigenvalue weighted by Crippen LogP contribution is 2.43. The molecule has 0 atom stereocenters. The Kier molecular flexibility index (Phi) is 5.00. The van der Waals surface area contributed by atoms with E-state index in [0.717, 1.165) is 5.69 Å². The topological polar surface area (TPSA) is 14.3 Å². The zero-order chi connectivity index (χ0) is 29.5. The molecule has 3 heteroatoms. The molecule has 0 bridgehead atoms. The van der Waals surface area contributed by atoms with Crippen molar-refractivity contribution in [1.82, 2.24) is 13.5 Å². The molecule has 6 aromatic carbocycles. The van der Waals surface area contributed by atoms with Gasteiger partial charge in [-0.1, -0.05) is 103 Å². The fourth-order valence-corrected chi connectivity index (χ4v) is 7.59. The van der Waals surface area contributed by atoms with Crippen molar-refractivity contribution in [1.29, 1.82) is 0 Å². The Morgan fingerprint density at radius 1 is 0.333 bits per heavy atom. The highest BCUT2D eigenvalue weighted by molar-refractivity contribution is 6.21. The van der Waals surface area contributed by atoms with Gasteiger partial charge in [0.25, 0.3) is 0 Å². The lowest BCUT2D eigenvalue weighted by molar-refractivity contribution is 1.16. The van der Waals surface area contributed by atoms with Crippen molar-refractivity contribution in [3.8, 4) is 22.5 Å². The molecule has 0 saturated heterocycles. The molecule has 45 heavy (non-hydrogen) atoms. The summed E-state index contributed by atoms with van der Waals surface area (Å²) in [5, 5.41) is 6.27. The maximum absolute atomic E-state index is 2.49. The van der Waals surface area contributed by atoms with E-state index in [1.165, 1.54) is 76.8 Å². The summed E-state index contributed by atoms with van der Waals surface area (Å²) < 4.78 is 7.25. The van der Waals surface area contributed by atoms with Crippen LogP contribution in [0.15, 0.2) is 164 Å². The van der Waals surface area contributed by atoms with Gasteiger partial charge in [0.2, 0.25) is 0 Å². The molecule has 0 unspecified atom stereocenters. The maximum Gasteiger partial charge on any atom is 0.0790 e. The zero-order valence-corrected chi connectivity index (χ0v) is 24.4. The molecular weight excluding hydrogens is 546 g/mol. The SMILES string of the molecule is c1ccc(-c2c3ccccc3n3ccc4c5ccccc5n(-c5ccc6c(c5)c5ccccc5n6-c5ccccc5)c4c23)cc1. The second kappa shape index (κ2) is 9.22. The molecule has 4 aromatic heterocycles. The first-order chi connectivity index (χ1) is 22.4. The molecule has 10 aromatic rings. The minimum Gasteiger partial charge on any atom is -0.314 e. The first-order valence-corrected chi connectivity index (χ1v) is 15.5. The van der Waals surface area contributed by atoms with Gasteiger partial charge in [-0.05, 0) is 60.2 Å². The number of fused-ring (bicyclic) bond motifs is 10. The highest BCUT2D eigenvalue weighted by Gasteiger charge is 2.22. The van der Waals surface area contributed by atoms with Gasteiger partial charge in [0.15, 0.2) is 0 Å². The molecule has 10 rings (SSSR count). The number of benzene rings is 6. The number of pyridine rings is 1. The average molecular weight is 574 g/mol. The summed E-state index contributed by atoms with van der Waals surface area (Å²) in [4.78, 5) is 0. The number of hydrogen-bond acceptors (Lipinski definition) is 0. The number of aromatic nitrogens is 3. The van der Waals surface area contributed by atoms with Crippen LogP contribution in [0.1, 0.15) is 0 Å². The third kappa shape index (κ3) is 3.35. The van der Waals surface area contributed by atoms with Crippen LogP contribution in [0.5, 0.6) is 0 Å². The molecule has 0 aliphatic rings. The Balaban J connectivity index is 1.38. The summed E-state index contributed by atoms with van der Waals surface area (Å²) in [7, 11) is 0. The van der Waals surface area contributed by atoms with Crippen LogP contribution in [0.3, 0.4) is 0 Å². The van der Waals surface area contributed by atoms with Crippen molar-refractivity contribution in [3.63, 3.8) is 0 Å². The smallest absolute Gasteiger partial charge is 0.0790 e. The fraction of sp³-hybridized carbons (Fsp3) is 0. The monoisotopic (exact) mass is 573 g/mol. The number of rotatable bonds is 3. The molecule has 0 aliphatic carbocycles.